The zero-order valence-corrected chi connectivity index (χ0v) is 10.5. The number of benzene rings is 1. The molecule has 0 N–H and O–H groups in total. The third-order valence-electron chi connectivity index (χ3n) is 3.33. The number of likely N-dealkylation sites (tertiary alicyclic amines) is 1. The molecular weight excluding hydrogens is 214 g/mol. The van der Waals surface area contributed by atoms with Crippen LogP contribution < -0.4 is 4.74 Å². The van der Waals surface area contributed by atoms with Gasteiger partial charge >= 0.3 is 5.97 Å². The first-order valence-electron chi connectivity index (χ1n) is 6.12. The molecule has 0 atom stereocenters. The van der Waals surface area contributed by atoms with Crippen LogP contribution in [0.1, 0.15) is 31.2 Å². The number of rotatable bonds is 2. The molecule has 3 nitrogen and oxygen atoms in total. The largest absolute Gasteiger partial charge is 0.427 e. The van der Waals surface area contributed by atoms with Gasteiger partial charge in [-0.1, -0.05) is 12.1 Å². The molecule has 2 rings (SSSR count). The molecule has 1 aliphatic rings. The predicted molar refractivity (Wildman–Crippen MR) is 67.2 cm³/mol. The van der Waals surface area contributed by atoms with Crippen LogP contribution in [0.15, 0.2) is 24.3 Å². The second-order valence-electron chi connectivity index (χ2n) is 4.74. The standard InChI is InChI=1S/C14H19NO2/c1-11(16)17-14-5-3-12(4-6-14)13-7-9-15(2)10-8-13/h3-6,13H,7-10H2,1-2H3. The Labute approximate surface area is 102 Å². The molecule has 0 saturated carbocycles. The van der Waals surface area contributed by atoms with Crippen LogP contribution in [0.5, 0.6) is 5.75 Å². The van der Waals surface area contributed by atoms with Gasteiger partial charge in [-0.25, -0.2) is 0 Å². The first kappa shape index (κ1) is 12.1. The summed E-state index contributed by atoms with van der Waals surface area (Å²) in [4.78, 5) is 13.2. The van der Waals surface area contributed by atoms with Crippen molar-refractivity contribution >= 4 is 5.97 Å². The summed E-state index contributed by atoms with van der Waals surface area (Å²) in [6.07, 6.45) is 2.42. The maximum atomic E-state index is 10.8. The molecule has 3 heteroatoms. The van der Waals surface area contributed by atoms with Gasteiger partial charge in [-0.15, -0.1) is 0 Å². The van der Waals surface area contributed by atoms with Crippen molar-refractivity contribution in [2.45, 2.75) is 25.7 Å². The minimum Gasteiger partial charge on any atom is -0.427 e. The zero-order chi connectivity index (χ0) is 12.3. The topological polar surface area (TPSA) is 29.5 Å². The second-order valence-corrected chi connectivity index (χ2v) is 4.74. The van der Waals surface area contributed by atoms with Crippen molar-refractivity contribution in [1.82, 2.24) is 4.90 Å². The van der Waals surface area contributed by atoms with E-state index >= 15 is 0 Å². The van der Waals surface area contributed by atoms with Crippen molar-refractivity contribution < 1.29 is 9.53 Å². The van der Waals surface area contributed by atoms with Crippen molar-refractivity contribution in [3.63, 3.8) is 0 Å². The Morgan fingerprint density at radius 3 is 2.35 bits per heavy atom. The highest BCUT2D eigenvalue weighted by Gasteiger charge is 2.18. The van der Waals surface area contributed by atoms with Crippen molar-refractivity contribution in [1.29, 1.82) is 0 Å². The van der Waals surface area contributed by atoms with Crippen molar-refractivity contribution in [3.8, 4) is 5.75 Å². The minimum absolute atomic E-state index is 0.267. The summed E-state index contributed by atoms with van der Waals surface area (Å²) in [5.74, 6) is 1.02. The molecule has 0 unspecified atom stereocenters. The quantitative estimate of drug-likeness (QED) is 0.580. The molecule has 1 fully saturated rings. The van der Waals surface area contributed by atoms with Gasteiger partial charge in [0.05, 0.1) is 0 Å². The van der Waals surface area contributed by atoms with Crippen LogP contribution in [-0.4, -0.2) is 31.0 Å². The first-order chi connectivity index (χ1) is 8.15. The van der Waals surface area contributed by atoms with Crippen LogP contribution in [0.3, 0.4) is 0 Å². The molecule has 92 valence electrons. The van der Waals surface area contributed by atoms with Crippen LogP contribution in [0, 0.1) is 0 Å². The molecule has 0 aliphatic carbocycles. The molecule has 0 spiro atoms. The average molecular weight is 233 g/mol. The van der Waals surface area contributed by atoms with Crippen molar-refractivity contribution in [2.24, 2.45) is 0 Å². The third kappa shape index (κ3) is 3.30. The Bertz CT molecular complexity index is 378. The minimum atomic E-state index is -0.267. The van der Waals surface area contributed by atoms with Gasteiger partial charge in [0.25, 0.3) is 0 Å². The summed E-state index contributed by atoms with van der Waals surface area (Å²) in [6, 6.07) is 7.92. The molecule has 0 aromatic heterocycles. The average Bonchev–Trinajstić information content (AvgIpc) is 2.30. The fourth-order valence-corrected chi connectivity index (χ4v) is 2.32. The highest BCUT2D eigenvalue weighted by atomic mass is 16.5. The lowest BCUT2D eigenvalue weighted by Gasteiger charge is -2.29. The second kappa shape index (κ2) is 5.32. The van der Waals surface area contributed by atoms with E-state index in [1.165, 1.54) is 25.3 Å². The molecule has 0 amide bonds. The molecular formula is C14H19NO2. The summed E-state index contributed by atoms with van der Waals surface area (Å²) in [5.41, 5.74) is 1.36. The van der Waals surface area contributed by atoms with E-state index in [-0.39, 0.29) is 5.97 Å². The van der Waals surface area contributed by atoms with Crippen LogP contribution in [-0.2, 0) is 4.79 Å². The first-order valence-corrected chi connectivity index (χ1v) is 6.12. The highest BCUT2D eigenvalue weighted by Crippen LogP contribution is 2.28. The van der Waals surface area contributed by atoms with E-state index in [1.807, 2.05) is 12.1 Å². The van der Waals surface area contributed by atoms with Gasteiger partial charge in [-0.05, 0) is 56.6 Å². The molecule has 17 heavy (non-hydrogen) atoms. The van der Waals surface area contributed by atoms with Crippen LogP contribution >= 0.6 is 0 Å². The number of piperidine rings is 1. The van der Waals surface area contributed by atoms with Gasteiger partial charge < -0.3 is 9.64 Å². The number of nitrogens with zero attached hydrogens (tertiary/aromatic N) is 1. The van der Waals surface area contributed by atoms with Gasteiger partial charge in [0.1, 0.15) is 5.75 Å². The molecule has 1 saturated heterocycles. The maximum Gasteiger partial charge on any atom is 0.308 e. The predicted octanol–water partition coefficient (Wildman–Crippen LogP) is 2.42. The van der Waals surface area contributed by atoms with E-state index in [9.17, 15) is 4.79 Å². The number of esters is 1. The Kier molecular flexibility index (Phi) is 3.79. The molecule has 1 heterocycles. The summed E-state index contributed by atoms with van der Waals surface area (Å²) in [7, 11) is 2.17. The number of hydrogen-bond donors (Lipinski definition) is 0. The lowest BCUT2D eigenvalue weighted by Crippen LogP contribution is -2.29. The molecule has 1 aromatic rings. The maximum absolute atomic E-state index is 10.8. The number of carbonyl (C=O) groups is 1. The van der Waals surface area contributed by atoms with E-state index < -0.39 is 0 Å². The van der Waals surface area contributed by atoms with E-state index in [4.69, 9.17) is 4.74 Å². The molecule has 0 radical (unpaired) electrons. The van der Waals surface area contributed by atoms with Gasteiger partial charge in [0, 0.05) is 6.92 Å². The Balaban J connectivity index is 2.00. The van der Waals surface area contributed by atoms with E-state index in [0.717, 1.165) is 13.1 Å². The SMILES string of the molecule is CC(=O)Oc1ccc(C2CCN(C)CC2)cc1. The summed E-state index contributed by atoms with van der Waals surface area (Å²) >= 11 is 0. The number of ether oxygens (including phenoxy) is 1. The van der Waals surface area contributed by atoms with Crippen LogP contribution in [0.4, 0.5) is 0 Å². The number of carbonyl (C=O) groups excluding carboxylic acids is 1. The van der Waals surface area contributed by atoms with Gasteiger partial charge in [-0.2, -0.15) is 0 Å². The Morgan fingerprint density at radius 2 is 1.82 bits per heavy atom. The third-order valence-corrected chi connectivity index (χ3v) is 3.33. The Morgan fingerprint density at radius 1 is 1.24 bits per heavy atom. The summed E-state index contributed by atoms with van der Waals surface area (Å²) < 4.78 is 5.03. The lowest BCUT2D eigenvalue weighted by molar-refractivity contribution is -0.131. The monoisotopic (exact) mass is 233 g/mol. The van der Waals surface area contributed by atoms with Crippen LogP contribution in [0.25, 0.3) is 0 Å². The summed E-state index contributed by atoms with van der Waals surface area (Å²) in [5, 5.41) is 0. The van der Waals surface area contributed by atoms with Gasteiger partial charge in [0.2, 0.25) is 0 Å². The molecule has 1 aromatic carbocycles. The molecule has 0 bridgehead atoms. The smallest absolute Gasteiger partial charge is 0.308 e. The van der Waals surface area contributed by atoms with Gasteiger partial charge in [0.15, 0.2) is 0 Å². The summed E-state index contributed by atoms with van der Waals surface area (Å²) in [6.45, 7) is 3.75. The van der Waals surface area contributed by atoms with E-state index in [0.29, 0.717) is 11.7 Å². The lowest BCUT2D eigenvalue weighted by atomic mass is 9.90. The zero-order valence-electron chi connectivity index (χ0n) is 10.5. The van der Waals surface area contributed by atoms with Crippen molar-refractivity contribution in [3.05, 3.63) is 29.8 Å². The van der Waals surface area contributed by atoms with Gasteiger partial charge in [-0.3, -0.25) is 4.79 Å². The van der Waals surface area contributed by atoms with Crippen molar-refractivity contribution in [2.75, 3.05) is 20.1 Å². The van der Waals surface area contributed by atoms with Crippen LogP contribution in [0.2, 0.25) is 0 Å². The number of hydrogen-bond acceptors (Lipinski definition) is 3. The normalized spacial score (nSPS) is 18.0. The molecule has 1 aliphatic heterocycles. The highest BCUT2D eigenvalue weighted by molar-refractivity contribution is 5.69. The van der Waals surface area contributed by atoms with E-state index in [2.05, 4.69) is 24.1 Å². The van der Waals surface area contributed by atoms with E-state index in [1.54, 1.807) is 0 Å². The Hall–Kier alpha value is -1.35. The fraction of sp³-hybridized carbons (Fsp3) is 0.500. The fourth-order valence-electron chi connectivity index (χ4n) is 2.32.